The van der Waals surface area contributed by atoms with Crippen LogP contribution in [0.25, 0.3) is 0 Å². The number of aromatic nitrogens is 1. The quantitative estimate of drug-likeness (QED) is 0.690. The van der Waals surface area contributed by atoms with E-state index in [9.17, 15) is 4.79 Å². The Bertz CT molecular complexity index is 617. The van der Waals surface area contributed by atoms with Crippen molar-refractivity contribution in [2.24, 2.45) is 0 Å². The van der Waals surface area contributed by atoms with Crippen molar-refractivity contribution >= 4 is 23.3 Å². The Kier molecular flexibility index (Phi) is 3.87. The largest absolute Gasteiger partial charge is 0.464 e. The SMILES string of the molecule is COC(=O)c1cc(Oc2cc(Cl)ccc2N)ccn1. The number of carbonyl (C=O) groups is 1. The second-order valence-corrected chi connectivity index (χ2v) is 4.09. The Hall–Kier alpha value is -2.27. The summed E-state index contributed by atoms with van der Waals surface area (Å²) in [6.07, 6.45) is 1.45. The second kappa shape index (κ2) is 5.58. The number of pyridine rings is 1. The van der Waals surface area contributed by atoms with Gasteiger partial charge >= 0.3 is 5.97 Å². The van der Waals surface area contributed by atoms with Crippen molar-refractivity contribution in [2.45, 2.75) is 0 Å². The zero-order chi connectivity index (χ0) is 13.8. The molecule has 0 unspecified atom stereocenters. The minimum Gasteiger partial charge on any atom is -0.464 e. The molecule has 0 aliphatic carbocycles. The molecular formula is C13H11ClN2O3. The topological polar surface area (TPSA) is 74.4 Å². The van der Waals surface area contributed by atoms with Crippen LogP contribution >= 0.6 is 11.6 Å². The van der Waals surface area contributed by atoms with Gasteiger partial charge in [0.2, 0.25) is 0 Å². The van der Waals surface area contributed by atoms with E-state index in [0.29, 0.717) is 22.2 Å². The number of benzene rings is 1. The normalized spacial score (nSPS) is 10.0. The summed E-state index contributed by atoms with van der Waals surface area (Å²) in [6, 6.07) is 7.96. The fourth-order valence-electron chi connectivity index (χ4n) is 1.41. The van der Waals surface area contributed by atoms with Gasteiger partial charge in [0.05, 0.1) is 12.8 Å². The van der Waals surface area contributed by atoms with Crippen LogP contribution in [0, 0.1) is 0 Å². The maximum absolute atomic E-state index is 11.4. The van der Waals surface area contributed by atoms with E-state index in [-0.39, 0.29) is 5.69 Å². The molecule has 0 saturated heterocycles. The zero-order valence-electron chi connectivity index (χ0n) is 10.1. The van der Waals surface area contributed by atoms with Crippen LogP contribution in [0.4, 0.5) is 5.69 Å². The second-order valence-electron chi connectivity index (χ2n) is 3.65. The highest BCUT2D eigenvalue weighted by atomic mass is 35.5. The van der Waals surface area contributed by atoms with Gasteiger partial charge in [-0.25, -0.2) is 9.78 Å². The number of rotatable bonds is 3. The molecule has 19 heavy (non-hydrogen) atoms. The summed E-state index contributed by atoms with van der Waals surface area (Å²) in [6.45, 7) is 0. The summed E-state index contributed by atoms with van der Waals surface area (Å²) in [5, 5.41) is 0.506. The van der Waals surface area contributed by atoms with Crippen molar-refractivity contribution < 1.29 is 14.3 Å². The van der Waals surface area contributed by atoms with Gasteiger partial charge in [-0.2, -0.15) is 0 Å². The standard InChI is InChI=1S/C13H11ClN2O3/c1-18-13(17)11-7-9(4-5-16-11)19-12-6-8(14)2-3-10(12)15/h2-7H,15H2,1H3. The molecule has 2 rings (SSSR count). The number of hydrogen-bond acceptors (Lipinski definition) is 5. The van der Waals surface area contributed by atoms with E-state index in [1.165, 1.54) is 19.4 Å². The van der Waals surface area contributed by atoms with Crippen molar-refractivity contribution in [3.8, 4) is 11.5 Å². The van der Waals surface area contributed by atoms with Gasteiger partial charge in [-0.3, -0.25) is 0 Å². The number of methoxy groups -OCH3 is 1. The molecule has 0 fully saturated rings. The summed E-state index contributed by atoms with van der Waals surface area (Å²) < 4.78 is 10.1. The van der Waals surface area contributed by atoms with E-state index < -0.39 is 5.97 Å². The van der Waals surface area contributed by atoms with Gasteiger partial charge in [0.25, 0.3) is 0 Å². The number of hydrogen-bond donors (Lipinski definition) is 1. The molecule has 1 aromatic heterocycles. The molecule has 0 amide bonds. The van der Waals surface area contributed by atoms with Gasteiger partial charge in [0, 0.05) is 23.4 Å². The Labute approximate surface area is 114 Å². The van der Waals surface area contributed by atoms with E-state index in [0.717, 1.165) is 0 Å². The summed E-state index contributed by atoms with van der Waals surface area (Å²) >= 11 is 5.87. The summed E-state index contributed by atoms with van der Waals surface area (Å²) in [5.41, 5.74) is 6.37. The number of ether oxygens (including phenoxy) is 2. The first kappa shape index (κ1) is 13.2. The number of nitrogens with two attached hydrogens (primary N) is 1. The minimum absolute atomic E-state index is 0.153. The third kappa shape index (κ3) is 3.14. The van der Waals surface area contributed by atoms with E-state index in [2.05, 4.69) is 9.72 Å². The number of nitrogen functional groups attached to an aromatic ring is 1. The van der Waals surface area contributed by atoms with Gasteiger partial charge in [0.15, 0.2) is 11.4 Å². The van der Waals surface area contributed by atoms with Gasteiger partial charge < -0.3 is 15.2 Å². The number of halogens is 1. The molecule has 0 saturated carbocycles. The van der Waals surface area contributed by atoms with Crippen LogP contribution in [0.2, 0.25) is 5.02 Å². The lowest BCUT2D eigenvalue weighted by molar-refractivity contribution is 0.0593. The van der Waals surface area contributed by atoms with Gasteiger partial charge in [-0.15, -0.1) is 0 Å². The highest BCUT2D eigenvalue weighted by molar-refractivity contribution is 6.30. The van der Waals surface area contributed by atoms with E-state index in [1.54, 1.807) is 24.3 Å². The molecule has 0 aliphatic rings. The first-order valence-electron chi connectivity index (χ1n) is 5.37. The Balaban J connectivity index is 2.28. The first-order chi connectivity index (χ1) is 9.10. The summed E-state index contributed by atoms with van der Waals surface area (Å²) in [5.74, 6) is 0.295. The maximum atomic E-state index is 11.4. The third-order valence-corrected chi connectivity index (χ3v) is 2.56. The molecule has 1 aromatic carbocycles. The van der Waals surface area contributed by atoms with Gasteiger partial charge in [-0.1, -0.05) is 11.6 Å². The van der Waals surface area contributed by atoms with Crippen LogP contribution in [-0.4, -0.2) is 18.1 Å². The van der Waals surface area contributed by atoms with Crippen LogP contribution in [-0.2, 0) is 4.74 Å². The van der Waals surface area contributed by atoms with E-state index in [4.69, 9.17) is 22.1 Å². The lowest BCUT2D eigenvalue weighted by atomic mass is 10.3. The molecule has 6 heteroatoms. The molecule has 0 bridgehead atoms. The van der Waals surface area contributed by atoms with Crippen LogP contribution < -0.4 is 10.5 Å². The van der Waals surface area contributed by atoms with E-state index >= 15 is 0 Å². The van der Waals surface area contributed by atoms with Crippen LogP contribution in [0.3, 0.4) is 0 Å². The van der Waals surface area contributed by atoms with Gasteiger partial charge in [-0.05, 0) is 18.2 Å². The van der Waals surface area contributed by atoms with Gasteiger partial charge in [0.1, 0.15) is 5.75 Å². The Morgan fingerprint density at radius 2 is 2.11 bits per heavy atom. The minimum atomic E-state index is -0.537. The highest BCUT2D eigenvalue weighted by Gasteiger charge is 2.09. The molecule has 1 heterocycles. The molecule has 0 aliphatic heterocycles. The predicted molar refractivity (Wildman–Crippen MR) is 71.5 cm³/mol. The summed E-state index contributed by atoms with van der Waals surface area (Å²) in [7, 11) is 1.28. The monoisotopic (exact) mass is 278 g/mol. The number of nitrogens with zero attached hydrogens (tertiary/aromatic N) is 1. The fourth-order valence-corrected chi connectivity index (χ4v) is 1.58. The third-order valence-electron chi connectivity index (χ3n) is 2.33. The predicted octanol–water partition coefficient (Wildman–Crippen LogP) is 2.90. The van der Waals surface area contributed by atoms with Crippen molar-refractivity contribution in [3.63, 3.8) is 0 Å². The average molecular weight is 279 g/mol. The maximum Gasteiger partial charge on any atom is 0.356 e. The molecule has 2 aromatic rings. The lowest BCUT2D eigenvalue weighted by Gasteiger charge is -2.09. The smallest absolute Gasteiger partial charge is 0.356 e. The van der Waals surface area contributed by atoms with Crippen LogP contribution in [0.15, 0.2) is 36.5 Å². The average Bonchev–Trinajstić information content (AvgIpc) is 2.42. The molecule has 0 atom stereocenters. The molecular weight excluding hydrogens is 268 g/mol. The fraction of sp³-hybridized carbons (Fsp3) is 0.0769. The Morgan fingerprint density at radius 1 is 1.32 bits per heavy atom. The molecule has 0 spiro atoms. The van der Waals surface area contributed by atoms with Crippen molar-refractivity contribution in [1.82, 2.24) is 4.98 Å². The number of carbonyl (C=O) groups excluding carboxylic acids is 1. The van der Waals surface area contributed by atoms with E-state index in [1.807, 2.05) is 0 Å². The highest BCUT2D eigenvalue weighted by Crippen LogP contribution is 2.30. The summed E-state index contributed by atoms with van der Waals surface area (Å²) in [4.78, 5) is 15.2. The van der Waals surface area contributed by atoms with Crippen LogP contribution in [0.1, 0.15) is 10.5 Å². The Morgan fingerprint density at radius 3 is 2.84 bits per heavy atom. The molecule has 2 N–H and O–H groups in total. The van der Waals surface area contributed by atoms with Crippen molar-refractivity contribution in [3.05, 3.63) is 47.2 Å². The molecule has 5 nitrogen and oxygen atoms in total. The zero-order valence-corrected chi connectivity index (χ0v) is 10.8. The van der Waals surface area contributed by atoms with Crippen LogP contribution in [0.5, 0.6) is 11.5 Å². The molecule has 98 valence electrons. The lowest BCUT2D eigenvalue weighted by Crippen LogP contribution is -2.04. The number of esters is 1. The molecule has 0 radical (unpaired) electrons. The first-order valence-corrected chi connectivity index (χ1v) is 5.75. The van der Waals surface area contributed by atoms with Crippen molar-refractivity contribution in [2.75, 3.05) is 12.8 Å². The van der Waals surface area contributed by atoms with Crippen molar-refractivity contribution in [1.29, 1.82) is 0 Å². The number of anilines is 1.